The predicted molar refractivity (Wildman–Crippen MR) is 65.4 cm³/mol. The number of carbonyl (C=O) groups is 1. The van der Waals surface area contributed by atoms with Gasteiger partial charge in [0.1, 0.15) is 5.75 Å². The van der Waals surface area contributed by atoms with Gasteiger partial charge in [0.15, 0.2) is 5.78 Å². The van der Waals surface area contributed by atoms with Crippen LogP contribution in [0.4, 0.5) is 0 Å². The van der Waals surface area contributed by atoms with Gasteiger partial charge in [0.25, 0.3) is 0 Å². The fourth-order valence-corrected chi connectivity index (χ4v) is 1.87. The molecule has 1 aromatic carbocycles. The van der Waals surface area contributed by atoms with Crippen molar-refractivity contribution in [2.75, 3.05) is 13.0 Å². The van der Waals surface area contributed by atoms with Gasteiger partial charge in [0.05, 0.1) is 7.11 Å². The SMILES string of the molecule is COc1ccc(I)c(C(=O)CCCl)c1. The second-order valence-corrected chi connectivity index (χ2v) is 4.25. The van der Waals surface area contributed by atoms with Crippen LogP contribution < -0.4 is 4.74 Å². The molecule has 0 unspecified atom stereocenters. The van der Waals surface area contributed by atoms with Crippen molar-refractivity contribution in [2.24, 2.45) is 0 Å². The van der Waals surface area contributed by atoms with Gasteiger partial charge in [-0.3, -0.25) is 4.79 Å². The second kappa shape index (κ2) is 5.56. The molecule has 2 nitrogen and oxygen atoms in total. The van der Waals surface area contributed by atoms with E-state index < -0.39 is 0 Å². The third kappa shape index (κ3) is 2.85. The molecule has 0 aliphatic carbocycles. The largest absolute Gasteiger partial charge is 0.497 e. The van der Waals surface area contributed by atoms with Crippen molar-refractivity contribution in [1.29, 1.82) is 0 Å². The summed E-state index contributed by atoms with van der Waals surface area (Å²) in [7, 11) is 1.58. The van der Waals surface area contributed by atoms with Gasteiger partial charge in [-0.05, 0) is 40.8 Å². The molecule has 0 radical (unpaired) electrons. The molecule has 0 aromatic heterocycles. The van der Waals surface area contributed by atoms with Crippen LogP contribution in [0.1, 0.15) is 16.8 Å². The summed E-state index contributed by atoms with van der Waals surface area (Å²) in [5, 5.41) is 0. The number of benzene rings is 1. The van der Waals surface area contributed by atoms with E-state index in [0.29, 0.717) is 23.6 Å². The number of ketones is 1. The Morgan fingerprint density at radius 1 is 1.57 bits per heavy atom. The van der Waals surface area contributed by atoms with Crippen LogP contribution in [-0.4, -0.2) is 18.8 Å². The van der Waals surface area contributed by atoms with Crippen molar-refractivity contribution < 1.29 is 9.53 Å². The van der Waals surface area contributed by atoms with Gasteiger partial charge in [-0.2, -0.15) is 0 Å². The molecule has 0 amide bonds. The predicted octanol–water partition coefficient (Wildman–Crippen LogP) is 3.11. The van der Waals surface area contributed by atoms with Crippen LogP contribution in [0.3, 0.4) is 0 Å². The summed E-state index contributed by atoms with van der Waals surface area (Å²) < 4.78 is 5.98. The van der Waals surface area contributed by atoms with E-state index in [0.717, 1.165) is 3.57 Å². The summed E-state index contributed by atoms with van der Waals surface area (Å²) in [5.74, 6) is 1.11. The molecule has 0 aliphatic rings. The molecule has 1 aromatic rings. The molecule has 0 heterocycles. The van der Waals surface area contributed by atoms with Gasteiger partial charge in [0, 0.05) is 21.4 Å². The minimum Gasteiger partial charge on any atom is -0.497 e. The Bertz CT molecular complexity index is 339. The smallest absolute Gasteiger partial charge is 0.165 e. The molecule has 0 bridgehead atoms. The first-order valence-corrected chi connectivity index (χ1v) is 5.73. The van der Waals surface area contributed by atoms with E-state index in [9.17, 15) is 4.79 Å². The summed E-state index contributed by atoms with van der Waals surface area (Å²) in [6.07, 6.45) is 0.366. The number of rotatable bonds is 4. The molecular weight excluding hydrogens is 314 g/mol. The molecule has 14 heavy (non-hydrogen) atoms. The molecule has 0 spiro atoms. The summed E-state index contributed by atoms with van der Waals surface area (Å²) >= 11 is 7.65. The van der Waals surface area contributed by atoms with Crippen molar-refractivity contribution in [3.8, 4) is 5.75 Å². The van der Waals surface area contributed by atoms with E-state index >= 15 is 0 Å². The van der Waals surface area contributed by atoms with Crippen molar-refractivity contribution >= 4 is 40.0 Å². The zero-order chi connectivity index (χ0) is 10.6. The number of methoxy groups -OCH3 is 1. The van der Waals surface area contributed by atoms with Crippen LogP contribution in [0.25, 0.3) is 0 Å². The van der Waals surface area contributed by atoms with Crippen LogP contribution in [0.5, 0.6) is 5.75 Å². The van der Waals surface area contributed by atoms with Crippen molar-refractivity contribution in [2.45, 2.75) is 6.42 Å². The lowest BCUT2D eigenvalue weighted by atomic mass is 10.1. The standard InChI is InChI=1S/C10H10ClIO2/c1-14-7-2-3-9(12)8(6-7)10(13)4-5-11/h2-3,6H,4-5H2,1H3. The maximum Gasteiger partial charge on any atom is 0.165 e. The molecule has 1 rings (SSSR count). The number of halogens is 2. The van der Waals surface area contributed by atoms with Gasteiger partial charge in [-0.25, -0.2) is 0 Å². The van der Waals surface area contributed by atoms with Crippen molar-refractivity contribution in [3.05, 3.63) is 27.3 Å². The molecule has 0 aliphatic heterocycles. The molecule has 0 N–H and O–H groups in total. The highest BCUT2D eigenvalue weighted by Crippen LogP contribution is 2.20. The Morgan fingerprint density at radius 3 is 2.86 bits per heavy atom. The first-order chi connectivity index (χ1) is 6.69. The molecule has 0 atom stereocenters. The first kappa shape index (κ1) is 11.8. The lowest BCUT2D eigenvalue weighted by Gasteiger charge is -2.05. The van der Waals surface area contributed by atoms with Crippen LogP contribution >= 0.6 is 34.2 Å². The zero-order valence-electron chi connectivity index (χ0n) is 7.72. The van der Waals surface area contributed by atoms with E-state index in [1.165, 1.54) is 0 Å². The maximum atomic E-state index is 11.6. The van der Waals surface area contributed by atoms with Gasteiger partial charge in [-0.15, -0.1) is 11.6 Å². The van der Waals surface area contributed by atoms with Crippen LogP contribution in [-0.2, 0) is 0 Å². The number of ether oxygens (including phenoxy) is 1. The molecule has 4 heteroatoms. The number of Topliss-reactive ketones (excluding diaryl/α,β-unsaturated/α-hetero) is 1. The van der Waals surface area contributed by atoms with E-state index in [2.05, 4.69) is 22.6 Å². The van der Waals surface area contributed by atoms with E-state index in [4.69, 9.17) is 16.3 Å². The number of alkyl halides is 1. The molecule has 0 saturated carbocycles. The van der Waals surface area contributed by atoms with Gasteiger partial charge in [-0.1, -0.05) is 0 Å². The topological polar surface area (TPSA) is 26.3 Å². The minimum absolute atomic E-state index is 0.0586. The highest BCUT2D eigenvalue weighted by Gasteiger charge is 2.10. The van der Waals surface area contributed by atoms with Crippen LogP contribution in [0, 0.1) is 3.57 Å². The number of carbonyl (C=O) groups excluding carboxylic acids is 1. The summed E-state index contributed by atoms with van der Waals surface area (Å²) in [4.78, 5) is 11.6. The lowest BCUT2D eigenvalue weighted by molar-refractivity contribution is 0.0988. The molecular formula is C10H10ClIO2. The third-order valence-corrected chi connectivity index (χ3v) is 2.93. The molecule has 76 valence electrons. The Balaban J connectivity index is 2.99. The van der Waals surface area contributed by atoms with E-state index in [1.807, 2.05) is 12.1 Å². The fourth-order valence-electron chi connectivity index (χ4n) is 1.07. The Morgan fingerprint density at radius 2 is 2.29 bits per heavy atom. The normalized spacial score (nSPS) is 9.93. The monoisotopic (exact) mass is 324 g/mol. The minimum atomic E-state index is 0.0586. The van der Waals surface area contributed by atoms with Gasteiger partial charge >= 0.3 is 0 Å². The van der Waals surface area contributed by atoms with Crippen molar-refractivity contribution in [3.63, 3.8) is 0 Å². The second-order valence-electron chi connectivity index (χ2n) is 2.71. The van der Waals surface area contributed by atoms with Gasteiger partial charge in [0.2, 0.25) is 0 Å². The van der Waals surface area contributed by atoms with Crippen molar-refractivity contribution in [1.82, 2.24) is 0 Å². The van der Waals surface area contributed by atoms with Gasteiger partial charge < -0.3 is 4.74 Å². The number of hydrogen-bond acceptors (Lipinski definition) is 2. The first-order valence-electron chi connectivity index (χ1n) is 4.11. The molecule has 0 saturated heterocycles. The van der Waals surface area contributed by atoms with Crippen LogP contribution in [0.15, 0.2) is 18.2 Å². The maximum absolute atomic E-state index is 11.6. The zero-order valence-corrected chi connectivity index (χ0v) is 10.6. The highest BCUT2D eigenvalue weighted by atomic mass is 127. The third-order valence-electron chi connectivity index (χ3n) is 1.80. The van der Waals surface area contributed by atoms with E-state index in [1.54, 1.807) is 13.2 Å². The fraction of sp³-hybridized carbons (Fsp3) is 0.300. The molecule has 0 fully saturated rings. The average Bonchev–Trinajstić information content (AvgIpc) is 2.19. The van der Waals surface area contributed by atoms with E-state index in [-0.39, 0.29) is 5.78 Å². The lowest BCUT2D eigenvalue weighted by Crippen LogP contribution is -2.02. The van der Waals surface area contributed by atoms with Crippen LogP contribution in [0.2, 0.25) is 0 Å². The highest BCUT2D eigenvalue weighted by molar-refractivity contribution is 14.1. The Kier molecular flexibility index (Phi) is 4.68. The number of hydrogen-bond donors (Lipinski definition) is 0. The Hall–Kier alpha value is -0.290. The summed E-state index contributed by atoms with van der Waals surface area (Å²) in [6.45, 7) is 0. The Labute approximate surface area is 102 Å². The summed E-state index contributed by atoms with van der Waals surface area (Å²) in [5.41, 5.74) is 0.686. The average molecular weight is 325 g/mol. The quantitative estimate of drug-likeness (QED) is 0.483. The summed E-state index contributed by atoms with van der Waals surface area (Å²) in [6, 6.07) is 5.44.